The van der Waals surface area contributed by atoms with Crippen LogP contribution in [-0.2, 0) is 4.79 Å². The summed E-state index contributed by atoms with van der Waals surface area (Å²) in [5, 5.41) is 21.0. The van der Waals surface area contributed by atoms with E-state index in [4.69, 9.17) is 10.6 Å². The Morgan fingerprint density at radius 3 is 2.71 bits per heavy atom. The number of aliphatic hydroxyl groups is 2. The lowest BCUT2D eigenvalue weighted by atomic mass is 10.2. The van der Waals surface area contributed by atoms with Crippen LogP contribution in [-0.4, -0.2) is 53.4 Å². The highest BCUT2D eigenvalue weighted by Gasteiger charge is 2.21. The highest BCUT2D eigenvalue weighted by molar-refractivity contribution is 5.78. The van der Waals surface area contributed by atoms with Gasteiger partial charge in [-0.3, -0.25) is 4.79 Å². The molecule has 1 amide bonds. The first-order chi connectivity index (χ1) is 6.54. The molecule has 0 spiro atoms. The Bertz CT molecular complexity index is 239. The third-order valence-electron chi connectivity index (χ3n) is 2.02. The Morgan fingerprint density at radius 2 is 2.29 bits per heavy atom. The predicted molar refractivity (Wildman–Crippen MR) is 49.3 cm³/mol. The largest absolute Gasteiger partial charge is 0.394 e. The second-order valence-corrected chi connectivity index (χ2v) is 2.88. The van der Waals surface area contributed by atoms with Crippen molar-refractivity contribution in [3.05, 3.63) is 10.4 Å². The molecular formula is C7H14N4O3. The van der Waals surface area contributed by atoms with Crippen LogP contribution in [0.15, 0.2) is 5.11 Å². The first-order valence-electron chi connectivity index (χ1n) is 4.10. The number of hydrogen-bond donors (Lipinski definition) is 2. The second-order valence-electron chi connectivity index (χ2n) is 2.88. The van der Waals surface area contributed by atoms with Gasteiger partial charge in [-0.15, -0.1) is 0 Å². The Balaban J connectivity index is 4.22. The molecule has 80 valence electrons. The van der Waals surface area contributed by atoms with E-state index < -0.39 is 24.7 Å². The van der Waals surface area contributed by atoms with Crippen LogP contribution in [0.2, 0.25) is 0 Å². The van der Waals surface area contributed by atoms with E-state index in [1.54, 1.807) is 6.92 Å². The van der Waals surface area contributed by atoms with Gasteiger partial charge in [-0.2, -0.15) is 0 Å². The van der Waals surface area contributed by atoms with E-state index in [-0.39, 0.29) is 6.54 Å². The molecule has 0 rings (SSSR count). The van der Waals surface area contributed by atoms with Crippen molar-refractivity contribution in [2.24, 2.45) is 5.11 Å². The van der Waals surface area contributed by atoms with Gasteiger partial charge in [-0.1, -0.05) is 5.11 Å². The maximum atomic E-state index is 11.2. The first-order valence-corrected chi connectivity index (χ1v) is 4.10. The lowest BCUT2D eigenvalue weighted by Crippen LogP contribution is -2.44. The standard InChI is InChI=1S/C7H14N4O3/c1-5(6(13)4-12)11(2)7(14)3-9-10-8/h5-6,12-13H,3-4H2,1-2H3. The molecule has 2 atom stereocenters. The Kier molecular flexibility index (Phi) is 5.62. The van der Waals surface area contributed by atoms with Gasteiger partial charge in [0.25, 0.3) is 0 Å². The molecule has 0 aromatic heterocycles. The third-order valence-corrected chi connectivity index (χ3v) is 2.02. The lowest BCUT2D eigenvalue weighted by Gasteiger charge is -2.27. The number of hydrogen-bond acceptors (Lipinski definition) is 4. The average Bonchev–Trinajstić information content (AvgIpc) is 2.22. The van der Waals surface area contributed by atoms with Gasteiger partial charge >= 0.3 is 0 Å². The van der Waals surface area contributed by atoms with Crippen LogP contribution in [0.1, 0.15) is 6.92 Å². The number of nitrogens with zero attached hydrogens (tertiary/aromatic N) is 4. The van der Waals surface area contributed by atoms with Gasteiger partial charge in [0.15, 0.2) is 0 Å². The summed E-state index contributed by atoms with van der Waals surface area (Å²) in [6.45, 7) is 0.894. The summed E-state index contributed by atoms with van der Waals surface area (Å²) in [5.41, 5.74) is 7.99. The van der Waals surface area contributed by atoms with Gasteiger partial charge in [0.1, 0.15) is 6.54 Å². The number of rotatable bonds is 5. The van der Waals surface area contributed by atoms with Crippen molar-refractivity contribution in [3.63, 3.8) is 0 Å². The Hall–Kier alpha value is -1.30. The number of carbonyl (C=O) groups excluding carboxylic acids is 1. The molecule has 7 nitrogen and oxygen atoms in total. The molecule has 0 aliphatic carbocycles. The molecule has 7 heteroatoms. The van der Waals surface area contributed by atoms with E-state index >= 15 is 0 Å². The highest BCUT2D eigenvalue weighted by atomic mass is 16.3. The SMILES string of the molecule is CC(C(O)CO)N(C)C(=O)CN=[N+]=[N-]. The maximum absolute atomic E-state index is 11.2. The van der Waals surface area contributed by atoms with Crippen molar-refractivity contribution in [2.75, 3.05) is 20.2 Å². The maximum Gasteiger partial charge on any atom is 0.228 e. The zero-order valence-electron chi connectivity index (χ0n) is 8.16. The number of azide groups is 1. The van der Waals surface area contributed by atoms with Gasteiger partial charge in [0.05, 0.1) is 18.8 Å². The van der Waals surface area contributed by atoms with Crippen molar-refractivity contribution in [1.29, 1.82) is 0 Å². The smallest absolute Gasteiger partial charge is 0.228 e. The van der Waals surface area contributed by atoms with Crippen molar-refractivity contribution in [1.82, 2.24) is 4.90 Å². The van der Waals surface area contributed by atoms with Crippen LogP contribution in [0, 0.1) is 0 Å². The molecule has 0 fully saturated rings. The molecule has 0 aromatic carbocycles. The highest BCUT2D eigenvalue weighted by Crippen LogP contribution is 2.02. The fourth-order valence-electron chi connectivity index (χ4n) is 0.841. The molecule has 2 unspecified atom stereocenters. The topological polar surface area (TPSA) is 110 Å². The summed E-state index contributed by atoms with van der Waals surface area (Å²) >= 11 is 0. The third kappa shape index (κ3) is 3.61. The number of carbonyl (C=O) groups is 1. The van der Waals surface area contributed by atoms with E-state index in [0.29, 0.717) is 0 Å². The predicted octanol–water partition coefficient (Wildman–Crippen LogP) is -0.503. The van der Waals surface area contributed by atoms with Gasteiger partial charge in [-0.05, 0) is 12.5 Å². The molecule has 0 saturated carbocycles. The molecule has 0 aliphatic rings. The van der Waals surface area contributed by atoms with Crippen molar-refractivity contribution < 1.29 is 15.0 Å². The van der Waals surface area contributed by atoms with Crippen molar-refractivity contribution in [2.45, 2.75) is 19.1 Å². The lowest BCUT2D eigenvalue weighted by molar-refractivity contribution is -0.132. The second kappa shape index (κ2) is 6.20. The summed E-state index contributed by atoms with van der Waals surface area (Å²) < 4.78 is 0. The molecule has 2 N–H and O–H groups in total. The van der Waals surface area contributed by atoms with Crippen molar-refractivity contribution in [3.8, 4) is 0 Å². The number of amides is 1. The molecule has 14 heavy (non-hydrogen) atoms. The van der Waals surface area contributed by atoms with E-state index in [1.165, 1.54) is 11.9 Å². The average molecular weight is 202 g/mol. The summed E-state index contributed by atoms with van der Waals surface area (Å²) in [6.07, 6.45) is -0.991. The molecular weight excluding hydrogens is 188 g/mol. The zero-order valence-corrected chi connectivity index (χ0v) is 8.16. The quantitative estimate of drug-likeness (QED) is 0.356. The summed E-state index contributed by atoms with van der Waals surface area (Å²) in [7, 11) is 1.47. The normalized spacial score (nSPS) is 14.0. The fraction of sp³-hybridized carbons (Fsp3) is 0.857. The van der Waals surface area contributed by atoms with Gasteiger partial charge in [0.2, 0.25) is 5.91 Å². The molecule has 0 saturated heterocycles. The molecule has 0 aliphatic heterocycles. The summed E-state index contributed by atoms with van der Waals surface area (Å²) in [5.74, 6) is -0.400. The molecule has 0 radical (unpaired) electrons. The van der Waals surface area contributed by atoms with E-state index in [2.05, 4.69) is 10.0 Å². The number of likely N-dealkylation sites (N-methyl/N-ethyl adjacent to an activating group) is 1. The Labute approximate surface area is 81.6 Å². The van der Waals surface area contributed by atoms with Gasteiger partial charge < -0.3 is 15.1 Å². The van der Waals surface area contributed by atoms with Crippen LogP contribution in [0.3, 0.4) is 0 Å². The molecule has 0 aromatic rings. The van der Waals surface area contributed by atoms with Crippen LogP contribution >= 0.6 is 0 Å². The Morgan fingerprint density at radius 1 is 1.71 bits per heavy atom. The van der Waals surface area contributed by atoms with Crippen LogP contribution in [0.25, 0.3) is 10.4 Å². The van der Waals surface area contributed by atoms with Crippen molar-refractivity contribution >= 4 is 5.91 Å². The minimum absolute atomic E-state index is 0.282. The fourth-order valence-corrected chi connectivity index (χ4v) is 0.841. The van der Waals surface area contributed by atoms with Gasteiger partial charge in [-0.25, -0.2) is 0 Å². The zero-order chi connectivity index (χ0) is 11.1. The monoisotopic (exact) mass is 202 g/mol. The summed E-state index contributed by atoms with van der Waals surface area (Å²) in [4.78, 5) is 14.9. The molecule has 0 bridgehead atoms. The minimum Gasteiger partial charge on any atom is -0.394 e. The first kappa shape index (κ1) is 12.7. The minimum atomic E-state index is -0.991. The summed E-state index contributed by atoms with van der Waals surface area (Å²) in [6, 6.07) is -0.513. The van der Waals surface area contributed by atoms with E-state index in [9.17, 15) is 9.90 Å². The van der Waals surface area contributed by atoms with Crippen LogP contribution < -0.4 is 0 Å². The number of aliphatic hydroxyl groups excluding tert-OH is 2. The van der Waals surface area contributed by atoms with E-state index in [1.807, 2.05) is 0 Å². The van der Waals surface area contributed by atoms with E-state index in [0.717, 1.165) is 0 Å². The van der Waals surface area contributed by atoms with Gasteiger partial charge in [0, 0.05) is 12.0 Å². The molecule has 0 heterocycles. The van der Waals surface area contributed by atoms with Crippen LogP contribution in [0.5, 0.6) is 0 Å². The van der Waals surface area contributed by atoms with Crippen LogP contribution in [0.4, 0.5) is 0 Å².